The molecule has 4 aromatic heterocycles. The zero-order valence-corrected chi connectivity index (χ0v) is 18.9. The van der Waals surface area contributed by atoms with Gasteiger partial charge in [0, 0.05) is 62.2 Å². The number of alkyl halides is 3. The van der Waals surface area contributed by atoms with Gasteiger partial charge in [0.2, 0.25) is 0 Å². The lowest BCUT2D eigenvalue weighted by Crippen LogP contribution is -2.68. The molecule has 0 saturated carbocycles. The molecule has 35 heavy (non-hydrogen) atoms. The number of nitrogens with zero attached hydrogens (tertiary/aromatic N) is 8. The van der Waals surface area contributed by atoms with Crippen LogP contribution in [0.3, 0.4) is 0 Å². The van der Waals surface area contributed by atoms with E-state index in [0.29, 0.717) is 32.6 Å². The molecule has 12 nitrogen and oxygen atoms in total. The number of ether oxygens (including phenoxy) is 1. The van der Waals surface area contributed by atoms with Crippen LogP contribution in [0.15, 0.2) is 43.2 Å². The molecule has 0 unspecified atom stereocenters. The van der Waals surface area contributed by atoms with Gasteiger partial charge in [-0.1, -0.05) is 0 Å². The zero-order valence-electron chi connectivity index (χ0n) is 18.1. The SMILES string of the molecule is COc1ncc(-c2cc3nccn3c(-c3cnn(C4(CN)CN(S(=O)(=O)C(F)(F)F)C4)c3)n2)cn1. The largest absolute Gasteiger partial charge is 0.511 e. The number of fused-ring (bicyclic) bond motifs is 1. The van der Waals surface area contributed by atoms with Gasteiger partial charge in [-0.25, -0.2) is 28.4 Å². The molecule has 1 aliphatic heterocycles. The third-order valence-corrected chi connectivity index (χ3v) is 7.30. The van der Waals surface area contributed by atoms with E-state index in [1.54, 1.807) is 41.5 Å². The molecule has 184 valence electrons. The van der Waals surface area contributed by atoms with Gasteiger partial charge in [-0.05, 0) is 0 Å². The Morgan fingerprint density at radius 2 is 1.86 bits per heavy atom. The first-order valence-electron chi connectivity index (χ1n) is 10.1. The van der Waals surface area contributed by atoms with Gasteiger partial charge in [0.1, 0.15) is 17.0 Å². The molecular weight excluding hydrogens is 491 g/mol. The number of hydrogen-bond donors (Lipinski definition) is 1. The highest BCUT2D eigenvalue weighted by Gasteiger charge is 2.58. The first-order valence-corrected chi connectivity index (χ1v) is 11.5. The Hall–Kier alpha value is -3.63. The lowest BCUT2D eigenvalue weighted by atomic mass is 9.93. The highest BCUT2D eigenvalue weighted by molar-refractivity contribution is 7.90. The van der Waals surface area contributed by atoms with Gasteiger partial charge < -0.3 is 10.5 Å². The van der Waals surface area contributed by atoms with Crippen molar-refractivity contribution in [1.82, 2.24) is 38.4 Å². The topological polar surface area (TPSA) is 146 Å². The van der Waals surface area contributed by atoms with Crippen molar-refractivity contribution in [3.05, 3.63) is 43.2 Å². The normalized spacial score (nSPS) is 16.4. The Balaban J connectivity index is 1.50. The minimum atomic E-state index is -5.45. The molecule has 2 N–H and O–H groups in total. The molecule has 5 heterocycles. The van der Waals surface area contributed by atoms with Crippen LogP contribution in [0.25, 0.3) is 28.3 Å². The molecule has 0 atom stereocenters. The van der Waals surface area contributed by atoms with Gasteiger partial charge in [0.25, 0.3) is 0 Å². The second-order valence-corrected chi connectivity index (χ2v) is 9.83. The molecule has 0 radical (unpaired) electrons. The maximum Gasteiger partial charge on any atom is 0.511 e. The third kappa shape index (κ3) is 3.69. The Kier molecular flexibility index (Phi) is 5.26. The fourth-order valence-electron chi connectivity index (χ4n) is 3.82. The number of halogens is 3. The molecule has 1 aliphatic rings. The summed E-state index contributed by atoms with van der Waals surface area (Å²) >= 11 is 0. The second kappa shape index (κ2) is 7.96. The van der Waals surface area contributed by atoms with Gasteiger partial charge in [-0.15, -0.1) is 0 Å². The predicted octanol–water partition coefficient (Wildman–Crippen LogP) is 0.878. The van der Waals surface area contributed by atoms with Crippen LogP contribution in [0.5, 0.6) is 6.01 Å². The van der Waals surface area contributed by atoms with Crippen LogP contribution in [0.2, 0.25) is 0 Å². The lowest BCUT2D eigenvalue weighted by molar-refractivity contribution is -0.0562. The van der Waals surface area contributed by atoms with E-state index < -0.39 is 34.2 Å². The summed E-state index contributed by atoms with van der Waals surface area (Å²) in [6.45, 7) is -1.03. The van der Waals surface area contributed by atoms with Gasteiger partial charge in [-0.2, -0.15) is 22.6 Å². The first kappa shape index (κ1) is 23.1. The van der Waals surface area contributed by atoms with E-state index in [1.165, 1.54) is 18.0 Å². The number of hydrogen-bond acceptors (Lipinski definition) is 9. The molecular formula is C19H18F3N9O3S. The smallest absolute Gasteiger partial charge is 0.467 e. The number of nitrogens with two attached hydrogens (primary N) is 1. The molecule has 0 aliphatic carbocycles. The second-order valence-electron chi connectivity index (χ2n) is 7.90. The molecule has 0 bridgehead atoms. The average Bonchev–Trinajstić information content (AvgIpc) is 3.47. The third-order valence-electron chi connectivity index (χ3n) is 5.78. The molecule has 1 fully saturated rings. The number of methoxy groups -OCH3 is 1. The van der Waals surface area contributed by atoms with E-state index in [2.05, 4.69) is 25.0 Å². The van der Waals surface area contributed by atoms with Gasteiger partial charge >= 0.3 is 21.5 Å². The summed E-state index contributed by atoms with van der Waals surface area (Å²) in [5.74, 6) is 0.448. The van der Waals surface area contributed by atoms with Crippen LogP contribution in [0.1, 0.15) is 0 Å². The fraction of sp³-hybridized carbons (Fsp3) is 0.316. The summed E-state index contributed by atoms with van der Waals surface area (Å²) in [5.41, 5.74) is 1.57. The van der Waals surface area contributed by atoms with Crippen molar-refractivity contribution in [3.8, 4) is 28.7 Å². The van der Waals surface area contributed by atoms with E-state index in [-0.39, 0.29) is 12.6 Å². The number of rotatable bonds is 6. The maximum absolute atomic E-state index is 12.9. The minimum Gasteiger partial charge on any atom is -0.467 e. The molecule has 1 saturated heterocycles. The van der Waals surface area contributed by atoms with Crippen LogP contribution < -0.4 is 10.5 Å². The van der Waals surface area contributed by atoms with Crippen LogP contribution in [-0.2, 0) is 15.6 Å². The zero-order chi connectivity index (χ0) is 25.0. The predicted molar refractivity (Wildman–Crippen MR) is 115 cm³/mol. The quantitative estimate of drug-likeness (QED) is 0.400. The van der Waals surface area contributed by atoms with Crippen LogP contribution >= 0.6 is 0 Å². The van der Waals surface area contributed by atoms with Crippen LogP contribution in [0, 0.1) is 0 Å². The van der Waals surface area contributed by atoms with Gasteiger partial charge in [0.05, 0.1) is 24.6 Å². The Morgan fingerprint density at radius 3 is 2.49 bits per heavy atom. The number of aromatic nitrogens is 7. The van der Waals surface area contributed by atoms with Crippen molar-refractivity contribution in [3.63, 3.8) is 0 Å². The maximum atomic E-state index is 12.9. The molecule has 4 aromatic rings. The van der Waals surface area contributed by atoms with E-state index in [4.69, 9.17) is 10.5 Å². The minimum absolute atomic E-state index is 0.116. The summed E-state index contributed by atoms with van der Waals surface area (Å²) in [6.07, 6.45) is 9.44. The van der Waals surface area contributed by atoms with Crippen molar-refractivity contribution in [2.24, 2.45) is 5.73 Å². The summed E-state index contributed by atoms with van der Waals surface area (Å²) in [6, 6.07) is 1.94. The first-order chi connectivity index (χ1) is 16.6. The van der Waals surface area contributed by atoms with E-state index in [0.717, 1.165) is 0 Å². The summed E-state index contributed by atoms with van der Waals surface area (Å²) < 4.78 is 70.6. The Morgan fingerprint density at radius 1 is 1.14 bits per heavy atom. The Bertz CT molecular complexity index is 1490. The van der Waals surface area contributed by atoms with Crippen molar-refractivity contribution >= 4 is 15.7 Å². The summed E-state index contributed by atoms with van der Waals surface area (Å²) in [4.78, 5) is 17.2. The fourth-order valence-corrected chi connectivity index (χ4v) is 4.93. The van der Waals surface area contributed by atoms with Crippen LogP contribution in [0.4, 0.5) is 13.2 Å². The number of sulfonamides is 1. The van der Waals surface area contributed by atoms with E-state index >= 15 is 0 Å². The van der Waals surface area contributed by atoms with Crippen molar-refractivity contribution < 1.29 is 26.3 Å². The van der Waals surface area contributed by atoms with Crippen molar-refractivity contribution in [2.45, 2.75) is 11.0 Å². The van der Waals surface area contributed by atoms with Gasteiger partial charge in [0.15, 0.2) is 0 Å². The van der Waals surface area contributed by atoms with Crippen LogP contribution in [-0.4, -0.2) is 79.1 Å². The molecule has 5 rings (SSSR count). The summed E-state index contributed by atoms with van der Waals surface area (Å²) in [5, 5.41) is 4.27. The molecule has 0 aromatic carbocycles. The van der Waals surface area contributed by atoms with E-state index in [9.17, 15) is 21.6 Å². The molecule has 0 spiro atoms. The molecule has 0 amide bonds. The highest BCUT2D eigenvalue weighted by atomic mass is 32.2. The van der Waals surface area contributed by atoms with E-state index in [1.807, 2.05) is 0 Å². The standard InChI is InChI=1S/C19H18F3N9O3S/c1-34-17-25-5-12(6-26-17)14-4-15-24-2-3-30(15)16(28-14)13-7-27-31(8-13)18(9-23)10-29(11-18)35(32,33)19(20,21)22/h2-8H,9-11,23H2,1H3. The average molecular weight is 509 g/mol. The van der Waals surface area contributed by atoms with Gasteiger partial charge in [-0.3, -0.25) is 9.08 Å². The Labute approximate surface area is 196 Å². The summed E-state index contributed by atoms with van der Waals surface area (Å²) in [7, 11) is -3.99. The number of imidazole rings is 1. The molecule has 16 heteroatoms. The highest BCUT2D eigenvalue weighted by Crippen LogP contribution is 2.37. The monoisotopic (exact) mass is 509 g/mol. The van der Waals surface area contributed by atoms with Crippen molar-refractivity contribution in [1.29, 1.82) is 0 Å². The lowest BCUT2D eigenvalue weighted by Gasteiger charge is -2.48. The van der Waals surface area contributed by atoms with Crippen molar-refractivity contribution in [2.75, 3.05) is 26.7 Å².